The normalized spacial score (nSPS) is 9.76. The highest BCUT2D eigenvalue weighted by Gasteiger charge is 2.11. The number of hydrogen-bond acceptors (Lipinski definition) is 4. The number of benzene rings is 1. The number of amides is 2. The Morgan fingerprint density at radius 2 is 1.95 bits per heavy atom. The van der Waals surface area contributed by atoms with E-state index in [9.17, 15) is 9.59 Å². The van der Waals surface area contributed by atoms with Gasteiger partial charge in [0.2, 0.25) is 0 Å². The Balaban J connectivity index is 2.00. The zero-order chi connectivity index (χ0) is 15.2. The second-order valence-corrected chi connectivity index (χ2v) is 4.45. The summed E-state index contributed by atoms with van der Waals surface area (Å²) in [6.45, 7) is 0. The molecule has 0 spiro atoms. The third kappa shape index (κ3) is 3.90. The maximum absolute atomic E-state index is 11.7. The molecule has 0 bridgehead atoms. The van der Waals surface area contributed by atoms with Crippen LogP contribution in [0.25, 0.3) is 0 Å². The average Bonchev–Trinajstić information content (AvgIpc) is 3.00. The molecule has 3 N–H and O–H groups in total. The first-order valence-corrected chi connectivity index (χ1v) is 6.49. The molecule has 0 radical (unpaired) electrons. The number of carbonyl (C=O) groups is 2. The van der Waals surface area contributed by atoms with Crippen LogP contribution in [0.15, 0.2) is 47.1 Å². The molecule has 0 aliphatic rings. The summed E-state index contributed by atoms with van der Waals surface area (Å²) in [6.07, 6.45) is 1.40. The van der Waals surface area contributed by atoms with Crippen LogP contribution in [0.4, 0.5) is 5.69 Å². The van der Waals surface area contributed by atoms with Crippen LogP contribution in [-0.4, -0.2) is 24.0 Å². The van der Waals surface area contributed by atoms with E-state index in [4.69, 9.17) is 16.6 Å². The topological polar surface area (TPSA) is 83.4 Å². The van der Waals surface area contributed by atoms with Gasteiger partial charge in [0.1, 0.15) is 0 Å². The van der Waals surface area contributed by atoms with E-state index >= 15 is 0 Å². The van der Waals surface area contributed by atoms with Crippen molar-refractivity contribution in [2.45, 2.75) is 0 Å². The lowest BCUT2D eigenvalue weighted by Crippen LogP contribution is -2.33. The highest BCUT2D eigenvalue weighted by molar-refractivity contribution is 7.80. The van der Waals surface area contributed by atoms with Crippen molar-refractivity contribution < 1.29 is 14.0 Å². The minimum absolute atomic E-state index is 0.116. The van der Waals surface area contributed by atoms with Crippen molar-refractivity contribution in [3.63, 3.8) is 0 Å². The van der Waals surface area contributed by atoms with E-state index in [-0.39, 0.29) is 16.8 Å². The van der Waals surface area contributed by atoms with Gasteiger partial charge in [0.05, 0.1) is 6.26 Å². The Morgan fingerprint density at radius 3 is 2.62 bits per heavy atom. The van der Waals surface area contributed by atoms with Gasteiger partial charge in [-0.25, -0.2) is 0 Å². The fraction of sp³-hybridized carbons (Fsp3) is 0.0714. The lowest BCUT2D eigenvalue weighted by atomic mass is 10.2. The van der Waals surface area contributed by atoms with E-state index in [1.54, 1.807) is 37.4 Å². The van der Waals surface area contributed by atoms with E-state index in [2.05, 4.69) is 16.0 Å². The summed E-state index contributed by atoms with van der Waals surface area (Å²) in [6, 6.07) is 9.89. The summed E-state index contributed by atoms with van der Waals surface area (Å²) in [5.41, 5.74) is 1.09. The predicted molar refractivity (Wildman–Crippen MR) is 82.2 cm³/mol. The van der Waals surface area contributed by atoms with Gasteiger partial charge < -0.3 is 15.1 Å². The highest BCUT2D eigenvalue weighted by Crippen LogP contribution is 2.10. The first-order valence-electron chi connectivity index (χ1n) is 6.08. The first kappa shape index (κ1) is 14.7. The number of anilines is 1. The SMILES string of the molecule is CNC(=O)c1cccc(NC(=S)NC(=O)c2ccco2)c1. The van der Waals surface area contributed by atoms with Crippen LogP contribution in [0.1, 0.15) is 20.9 Å². The second kappa shape index (κ2) is 6.67. The average molecular weight is 303 g/mol. The van der Waals surface area contributed by atoms with Gasteiger partial charge in [-0.15, -0.1) is 0 Å². The Morgan fingerprint density at radius 1 is 1.14 bits per heavy atom. The van der Waals surface area contributed by atoms with Crippen LogP contribution < -0.4 is 16.0 Å². The number of thiocarbonyl (C=S) groups is 1. The number of carbonyl (C=O) groups excluding carboxylic acids is 2. The summed E-state index contributed by atoms with van der Waals surface area (Å²) in [7, 11) is 1.55. The fourth-order valence-corrected chi connectivity index (χ4v) is 1.83. The summed E-state index contributed by atoms with van der Waals surface area (Å²) in [5.74, 6) is -0.484. The van der Waals surface area contributed by atoms with E-state index in [0.717, 1.165) is 0 Å². The van der Waals surface area contributed by atoms with Gasteiger partial charge in [0.25, 0.3) is 11.8 Å². The molecular weight excluding hydrogens is 290 g/mol. The summed E-state index contributed by atoms with van der Waals surface area (Å²) in [4.78, 5) is 23.3. The molecule has 6 nitrogen and oxygen atoms in total. The van der Waals surface area contributed by atoms with Gasteiger partial charge in [-0.05, 0) is 42.5 Å². The monoisotopic (exact) mass is 303 g/mol. The molecule has 0 fully saturated rings. The van der Waals surface area contributed by atoms with E-state index in [0.29, 0.717) is 11.3 Å². The summed E-state index contributed by atoms with van der Waals surface area (Å²) < 4.78 is 4.96. The zero-order valence-electron chi connectivity index (χ0n) is 11.2. The molecular formula is C14H13N3O3S. The Hall–Kier alpha value is -2.67. The summed E-state index contributed by atoms with van der Waals surface area (Å²) >= 11 is 5.04. The Bertz CT molecular complexity index is 668. The molecule has 0 aliphatic carbocycles. The molecule has 0 atom stereocenters. The van der Waals surface area contributed by atoms with Gasteiger partial charge in [0.15, 0.2) is 10.9 Å². The minimum atomic E-state index is -0.444. The second-order valence-electron chi connectivity index (χ2n) is 4.05. The van der Waals surface area contributed by atoms with Crippen LogP contribution >= 0.6 is 12.2 Å². The van der Waals surface area contributed by atoms with Gasteiger partial charge in [-0.1, -0.05) is 6.07 Å². The van der Waals surface area contributed by atoms with Crippen molar-refractivity contribution in [2.24, 2.45) is 0 Å². The molecule has 1 heterocycles. The van der Waals surface area contributed by atoms with Gasteiger partial charge >= 0.3 is 0 Å². The number of nitrogens with one attached hydrogen (secondary N) is 3. The maximum atomic E-state index is 11.7. The van der Waals surface area contributed by atoms with Crippen molar-refractivity contribution in [1.29, 1.82) is 0 Å². The highest BCUT2D eigenvalue weighted by atomic mass is 32.1. The molecule has 2 rings (SSSR count). The molecule has 108 valence electrons. The predicted octanol–water partition coefficient (Wildman–Crippen LogP) is 1.77. The molecule has 0 saturated carbocycles. The molecule has 0 unspecified atom stereocenters. The Labute approximate surface area is 126 Å². The molecule has 0 aliphatic heterocycles. The first-order chi connectivity index (χ1) is 10.1. The molecule has 1 aromatic heterocycles. The largest absolute Gasteiger partial charge is 0.459 e. The smallest absolute Gasteiger partial charge is 0.293 e. The molecule has 0 saturated heterocycles. The van der Waals surface area contributed by atoms with E-state index < -0.39 is 5.91 Å². The quantitative estimate of drug-likeness (QED) is 0.753. The lowest BCUT2D eigenvalue weighted by Gasteiger charge is -2.09. The molecule has 7 heteroatoms. The van der Waals surface area contributed by atoms with Gasteiger partial charge in [-0.2, -0.15) is 0 Å². The van der Waals surface area contributed by atoms with Gasteiger partial charge in [-0.3, -0.25) is 14.9 Å². The molecule has 1 aromatic carbocycles. The van der Waals surface area contributed by atoms with Gasteiger partial charge in [0, 0.05) is 18.3 Å². The van der Waals surface area contributed by atoms with Crippen molar-refractivity contribution in [2.75, 3.05) is 12.4 Å². The maximum Gasteiger partial charge on any atom is 0.293 e. The molecule has 21 heavy (non-hydrogen) atoms. The Kier molecular flexibility index (Phi) is 4.68. The van der Waals surface area contributed by atoms with Crippen molar-refractivity contribution in [3.05, 3.63) is 54.0 Å². The third-order valence-corrected chi connectivity index (χ3v) is 2.79. The minimum Gasteiger partial charge on any atom is -0.459 e. The van der Waals surface area contributed by atoms with Crippen molar-refractivity contribution in [3.8, 4) is 0 Å². The van der Waals surface area contributed by atoms with E-state index in [1.807, 2.05) is 0 Å². The van der Waals surface area contributed by atoms with Crippen molar-refractivity contribution >= 4 is 34.8 Å². The fourth-order valence-electron chi connectivity index (χ4n) is 1.62. The standard InChI is InChI=1S/C14H13N3O3S/c1-15-12(18)9-4-2-5-10(8-9)16-14(21)17-13(19)11-6-3-7-20-11/h2-8H,1H3,(H,15,18)(H2,16,17,19,21). The third-order valence-electron chi connectivity index (χ3n) is 2.58. The van der Waals surface area contributed by atoms with Crippen molar-refractivity contribution in [1.82, 2.24) is 10.6 Å². The number of hydrogen-bond donors (Lipinski definition) is 3. The zero-order valence-corrected chi connectivity index (χ0v) is 12.0. The number of furan rings is 1. The van der Waals surface area contributed by atoms with Crippen LogP contribution in [0.2, 0.25) is 0 Å². The molecule has 2 aromatic rings. The molecule has 2 amide bonds. The lowest BCUT2D eigenvalue weighted by molar-refractivity contribution is 0.0946. The summed E-state index contributed by atoms with van der Waals surface area (Å²) in [5, 5.41) is 7.96. The van der Waals surface area contributed by atoms with Crippen LogP contribution in [0.5, 0.6) is 0 Å². The van der Waals surface area contributed by atoms with Crippen LogP contribution in [0, 0.1) is 0 Å². The number of rotatable bonds is 3. The van der Waals surface area contributed by atoms with Crippen LogP contribution in [-0.2, 0) is 0 Å². The van der Waals surface area contributed by atoms with Crippen LogP contribution in [0.3, 0.4) is 0 Å². The van der Waals surface area contributed by atoms with E-state index in [1.165, 1.54) is 12.3 Å².